The lowest BCUT2D eigenvalue weighted by molar-refractivity contribution is 0.740. The van der Waals surface area contributed by atoms with Crippen LogP contribution in [0.3, 0.4) is 0 Å². The molecule has 0 bridgehead atoms. The van der Waals surface area contributed by atoms with Gasteiger partial charge in [0.15, 0.2) is 5.82 Å². The lowest BCUT2D eigenvalue weighted by Gasteiger charge is -2.01. The zero-order valence-corrected chi connectivity index (χ0v) is 8.47. The van der Waals surface area contributed by atoms with Gasteiger partial charge in [-0.3, -0.25) is 4.68 Å². The van der Waals surface area contributed by atoms with Crippen LogP contribution in [0.15, 0.2) is 6.20 Å². The Bertz CT molecular complexity index is 481. The molecule has 0 unspecified atom stereocenters. The largest absolute Gasteiger partial charge is 0.368 e. The van der Waals surface area contributed by atoms with E-state index in [4.69, 9.17) is 11.5 Å². The van der Waals surface area contributed by atoms with Gasteiger partial charge in [0.25, 0.3) is 0 Å². The maximum Gasteiger partial charge on any atom is 0.225 e. The molecule has 0 aromatic carbocycles. The first kappa shape index (κ1) is 9.38. The fourth-order valence-electron chi connectivity index (χ4n) is 1.25. The molecule has 0 aliphatic heterocycles. The Morgan fingerprint density at radius 1 is 1.13 bits per heavy atom. The Balaban J connectivity index is 2.58. The minimum absolute atomic E-state index is 0.112. The number of aryl methyl sites for hydroxylation is 1. The van der Waals surface area contributed by atoms with Crippen LogP contribution in [-0.2, 0) is 7.05 Å². The Morgan fingerprint density at radius 3 is 2.20 bits per heavy atom. The average molecular weight is 205 g/mol. The predicted molar refractivity (Wildman–Crippen MR) is 55.6 cm³/mol. The van der Waals surface area contributed by atoms with Gasteiger partial charge in [0, 0.05) is 12.7 Å². The molecule has 0 saturated heterocycles. The molecule has 0 radical (unpaired) electrons. The fourth-order valence-corrected chi connectivity index (χ4v) is 1.25. The molecule has 0 spiro atoms. The summed E-state index contributed by atoms with van der Waals surface area (Å²) in [5.41, 5.74) is 12.7. The zero-order valence-electron chi connectivity index (χ0n) is 8.47. The third kappa shape index (κ3) is 1.58. The number of anilines is 2. The van der Waals surface area contributed by atoms with Crippen molar-refractivity contribution in [1.82, 2.24) is 24.7 Å². The third-order valence-electron chi connectivity index (χ3n) is 2.15. The van der Waals surface area contributed by atoms with Crippen LogP contribution in [0.25, 0.3) is 11.4 Å². The second-order valence-electron chi connectivity index (χ2n) is 3.14. The van der Waals surface area contributed by atoms with Crippen LogP contribution in [0.1, 0.15) is 5.69 Å². The summed E-state index contributed by atoms with van der Waals surface area (Å²) in [6.07, 6.45) is 1.67. The first-order valence-electron chi connectivity index (χ1n) is 4.34. The summed E-state index contributed by atoms with van der Waals surface area (Å²) < 4.78 is 1.73. The van der Waals surface area contributed by atoms with Crippen LogP contribution >= 0.6 is 0 Å². The van der Waals surface area contributed by atoms with Gasteiger partial charge in [-0.15, -0.1) is 0 Å². The van der Waals surface area contributed by atoms with Gasteiger partial charge in [-0.25, -0.2) is 0 Å². The van der Waals surface area contributed by atoms with Crippen LogP contribution in [0.4, 0.5) is 11.9 Å². The molecule has 2 aromatic heterocycles. The summed E-state index contributed by atoms with van der Waals surface area (Å²) in [4.78, 5) is 11.7. The highest BCUT2D eigenvalue weighted by molar-refractivity contribution is 5.58. The monoisotopic (exact) mass is 205 g/mol. The van der Waals surface area contributed by atoms with E-state index in [1.54, 1.807) is 10.9 Å². The van der Waals surface area contributed by atoms with Crippen LogP contribution in [0, 0.1) is 6.92 Å². The molecule has 0 saturated carbocycles. The van der Waals surface area contributed by atoms with E-state index in [9.17, 15) is 0 Å². The minimum Gasteiger partial charge on any atom is -0.368 e. The van der Waals surface area contributed by atoms with Gasteiger partial charge in [0.1, 0.15) is 0 Å². The Morgan fingerprint density at radius 2 is 1.73 bits per heavy atom. The second-order valence-corrected chi connectivity index (χ2v) is 3.14. The molecule has 15 heavy (non-hydrogen) atoms. The first-order chi connectivity index (χ1) is 7.08. The van der Waals surface area contributed by atoms with Crippen LogP contribution in [-0.4, -0.2) is 24.7 Å². The van der Waals surface area contributed by atoms with Crippen molar-refractivity contribution >= 4 is 11.9 Å². The molecule has 0 amide bonds. The molecule has 78 valence electrons. The number of aromatic nitrogens is 5. The summed E-state index contributed by atoms with van der Waals surface area (Å²) in [5.74, 6) is 0.673. The molecule has 0 fully saturated rings. The highest BCUT2D eigenvalue weighted by Gasteiger charge is 2.10. The van der Waals surface area contributed by atoms with E-state index in [1.807, 2.05) is 14.0 Å². The molecule has 4 N–H and O–H groups in total. The molecule has 0 aliphatic rings. The lowest BCUT2D eigenvalue weighted by atomic mass is 10.2. The number of nitrogen functional groups attached to an aromatic ring is 2. The number of hydrogen-bond donors (Lipinski definition) is 2. The van der Waals surface area contributed by atoms with Crippen molar-refractivity contribution in [3.8, 4) is 11.4 Å². The molecule has 7 nitrogen and oxygen atoms in total. The molecule has 0 aliphatic carbocycles. The van der Waals surface area contributed by atoms with Crippen molar-refractivity contribution in [3.63, 3.8) is 0 Å². The van der Waals surface area contributed by atoms with Crippen molar-refractivity contribution in [2.45, 2.75) is 6.92 Å². The van der Waals surface area contributed by atoms with Gasteiger partial charge in [0.05, 0.1) is 11.8 Å². The SMILES string of the molecule is Cc1c(-c2nc(N)nc(N)n2)cnn1C. The number of rotatable bonds is 1. The van der Waals surface area contributed by atoms with Crippen LogP contribution in [0.2, 0.25) is 0 Å². The Labute approximate surface area is 86.2 Å². The zero-order chi connectivity index (χ0) is 11.0. The average Bonchev–Trinajstić information content (AvgIpc) is 2.46. The minimum atomic E-state index is 0.112. The third-order valence-corrected chi connectivity index (χ3v) is 2.15. The topological polar surface area (TPSA) is 109 Å². The number of hydrogen-bond acceptors (Lipinski definition) is 6. The highest BCUT2D eigenvalue weighted by Crippen LogP contribution is 2.19. The number of nitrogens with zero attached hydrogens (tertiary/aromatic N) is 5. The maximum absolute atomic E-state index is 5.48. The van der Waals surface area contributed by atoms with Gasteiger partial charge < -0.3 is 11.5 Å². The normalized spacial score (nSPS) is 10.5. The summed E-state index contributed by atoms with van der Waals surface area (Å²) in [7, 11) is 1.84. The van der Waals surface area contributed by atoms with E-state index in [0.29, 0.717) is 5.82 Å². The summed E-state index contributed by atoms with van der Waals surface area (Å²) in [6.45, 7) is 1.92. The highest BCUT2D eigenvalue weighted by atomic mass is 15.3. The van der Waals surface area contributed by atoms with Crippen LogP contribution < -0.4 is 11.5 Å². The molecule has 2 rings (SSSR count). The van der Waals surface area contributed by atoms with E-state index < -0.39 is 0 Å². The quantitative estimate of drug-likeness (QED) is 0.664. The van der Waals surface area contributed by atoms with Crippen molar-refractivity contribution in [3.05, 3.63) is 11.9 Å². The standard InChI is InChI=1S/C8H11N7/c1-4-5(3-11-15(4)2)6-12-7(9)14-8(10)13-6/h3H,1-2H3,(H4,9,10,12,13,14). The Kier molecular flexibility index (Phi) is 2.00. The first-order valence-corrected chi connectivity index (χ1v) is 4.34. The summed E-state index contributed by atoms with van der Waals surface area (Å²) in [5, 5.41) is 4.09. The van der Waals surface area contributed by atoms with E-state index in [-0.39, 0.29) is 11.9 Å². The van der Waals surface area contributed by atoms with Gasteiger partial charge in [-0.1, -0.05) is 0 Å². The van der Waals surface area contributed by atoms with Crippen molar-refractivity contribution in [2.75, 3.05) is 11.5 Å². The van der Waals surface area contributed by atoms with Crippen molar-refractivity contribution in [2.24, 2.45) is 7.05 Å². The van der Waals surface area contributed by atoms with Gasteiger partial charge in [0.2, 0.25) is 11.9 Å². The van der Waals surface area contributed by atoms with Gasteiger partial charge >= 0.3 is 0 Å². The fraction of sp³-hybridized carbons (Fsp3) is 0.250. The maximum atomic E-state index is 5.48. The number of nitrogens with two attached hydrogens (primary N) is 2. The molecular weight excluding hydrogens is 194 g/mol. The molecule has 0 atom stereocenters. The molecule has 2 heterocycles. The van der Waals surface area contributed by atoms with E-state index >= 15 is 0 Å². The summed E-state index contributed by atoms with van der Waals surface area (Å²) >= 11 is 0. The molecular formula is C8H11N7. The lowest BCUT2D eigenvalue weighted by Crippen LogP contribution is -2.04. The van der Waals surface area contributed by atoms with Crippen molar-refractivity contribution in [1.29, 1.82) is 0 Å². The predicted octanol–water partition coefficient (Wildman–Crippen LogP) is -0.255. The van der Waals surface area contributed by atoms with E-state index in [1.165, 1.54) is 0 Å². The molecule has 7 heteroatoms. The smallest absolute Gasteiger partial charge is 0.225 e. The van der Waals surface area contributed by atoms with E-state index in [2.05, 4.69) is 20.1 Å². The van der Waals surface area contributed by atoms with E-state index in [0.717, 1.165) is 11.3 Å². The summed E-state index contributed by atoms with van der Waals surface area (Å²) in [6, 6.07) is 0. The van der Waals surface area contributed by atoms with Gasteiger partial charge in [-0.05, 0) is 6.92 Å². The van der Waals surface area contributed by atoms with Crippen LogP contribution in [0.5, 0.6) is 0 Å². The molecule has 2 aromatic rings. The second kappa shape index (κ2) is 3.19. The van der Waals surface area contributed by atoms with Crippen molar-refractivity contribution < 1.29 is 0 Å². The Hall–Kier alpha value is -2.18. The van der Waals surface area contributed by atoms with Gasteiger partial charge in [-0.2, -0.15) is 20.1 Å².